The molecule has 19 heavy (non-hydrogen) atoms. The Hall–Kier alpha value is -0.0800. The van der Waals surface area contributed by atoms with Crippen LogP contribution in [0, 0.1) is 5.92 Å². The first-order valence-corrected chi connectivity index (χ1v) is 8.61. The highest BCUT2D eigenvalue weighted by Crippen LogP contribution is 2.35. The molecule has 0 aromatic rings. The van der Waals surface area contributed by atoms with Gasteiger partial charge >= 0.3 is 0 Å². The molecule has 1 aliphatic heterocycles. The quantitative estimate of drug-likeness (QED) is 0.814. The molecule has 1 unspecified atom stereocenters. The lowest BCUT2D eigenvalue weighted by Gasteiger charge is -2.50. The maximum atomic E-state index is 3.94. The summed E-state index contributed by atoms with van der Waals surface area (Å²) in [5.41, 5.74) is 0.468. The molecule has 0 radical (unpaired) electrons. The number of hydrogen-bond acceptors (Lipinski definition) is 2. The summed E-state index contributed by atoms with van der Waals surface area (Å²) in [5.74, 6) is 0.807. The molecular formula is C17H34N2. The van der Waals surface area contributed by atoms with Crippen molar-refractivity contribution < 1.29 is 0 Å². The molecule has 2 rings (SSSR count). The summed E-state index contributed by atoms with van der Waals surface area (Å²) in [6, 6.07) is 1.56. The molecule has 0 bridgehead atoms. The SMILES string of the molecule is CCC(CC)N1CC2(CCCC2)NCC1CC(C)C. The van der Waals surface area contributed by atoms with Crippen molar-refractivity contribution in [3.63, 3.8) is 0 Å². The van der Waals surface area contributed by atoms with Crippen molar-refractivity contribution in [2.75, 3.05) is 13.1 Å². The first kappa shape index (κ1) is 15.3. The maximum absolute atomic E-state index is 3.94. The van der Waals surface area contributed by atoms with Crippen molar-refractivity contribution in [1.82, 2.24) is 10.2 Å². The average Bonchev–Trinajstić information content (AvgIpc) is 2.82. The second-order valence-corrected chi connectivity index (χ2v) is 7.29. The molecule has 1 N–H and O–H groups in total. The second kappa shape index (κ2) is 6.58. The van der Waals surface area contributed by atoms with Crippen LogP contribution < -0.4 is 5.32 Å². The highest BCUT2D eigenvalue weighted by Gasteiger charge is 2.42. The first-order chi connectivity index (χ1) is 9.10. The largest absolute Gasteiger partial charge is 0.308 e. The Balaban J connectivity index is 2.08. The molecule has 112 valence electrons. The number of nitrogens with one attached hydrogen (secondary N) is 1. The van der Waals surface area contributed by atoms with Gasteiger partial charge in [-0.3, -0.25) is 4.90 Å². The molecule has 0 aromatic carbocycles. The van der Waals surface area contributed by atoms with E-state index >= 15 is 0 Å². The molecule has 1 saturated heterocycles. The fourth-order valence-corrected chi connectivity index (χ4v) is 4.32. The van der Waals surface area contributed by atoms with Crippen LogP contribution in [0.3, 0.4) is 0 Å². The minimum absolute atomic E-state index is 0.468. The van der Waals surface area contributed by atoms with Crippen LogP contribution in [0.5, 0.6) is 0 Å². The van der Waals surface area contributed by atoms with Crippen molar-refractivity contribution in [2.24, 2.45) is 5.92 Å². The third-order valence-corrected chi connectivity index (χ3v) is 5.38. The molecule has 2 fully saturated rings. The Labute approximate surface area is 120 Å². The molecule has 2 heteroatoms. The van der Waals surface area contributed by atoms with E-state index < -0.39 is 0 Å². The molecule has 1 aliphatic carbocycles. The van der Waals surface area contributed by atoms with E-state index in [0.717, 1.165) is 18.0 Å². The van der Waals surface area contributed by atoms with Crippen molar-refractivity contribution in [1.29, 1.82) is 0 Å². The lowest BCUT2D eigenvalue weighted by molar-refractivity contribution is 0.0301. The molecule has 1 spiro atoms. The Bertz CT molecular complexity index is 264. The number of rotatable bonds is 5. The molecule has 2 aliphatic rings. The van der Waals surface area contributed by atoms with E-state index in [9.17, 15) is 0 Å². The van der Waals surface area contributed by atoms with Gasteiger partial charge in [0.2, 0.25) is 0 Å². The number of nitrogens with zero attached hydrogens (tertiary/aromatic N) is 1. The third kappa shape index (κ3) is 3.52. The van der Waals surface area contributed by atoms with Crippen molar-refractivity contribution in [3.8, 4) is 0 Å². The van der Waals surface area contributed by atoms with E-state index in [1.54, 1.807) is 0 Å². The van der Waals surface area contributed by atoms with Crippen molar-refractivity contribution >= 4 is 0 Å². The Morgan fingerprint density at radius 2 is 1.79 bits per heavy atom. The number of hydrogen-bond donors (Lipinski definition) is 1. The summed E-state index contributed by atoms with van der Waals surface area (Å²) >= 11 is 0. The van der Waals surface area contributed by atoms with Crippen LogP contribution in [-0.2, 0) is 0 Å². The second-order valence-electron chi connectivity index (χ2n) is 7.29. The van der Waals surface area contributed by atoms with Crippen LogP contribution in [0.25, 0.3) is 0 Å². The smallest absolute Gasteiger partial charge is 0.0309 e. The standard InChI is InChI=1S/C17H34N2/c1-5-15(6-2)19-13-17(9-7-8-10-17)18-12-16(19)11-14(3)4/h14-16,18H,5-13H2,1-4H3. The molecule has 0 amide bonds. The van der Waals surface area contributed by atoms with E-state index in [1.165, 1.54) is 58.0 Å². The van der Waals surface area contributed by atoms with Gasteiger partial charge in [-0.25, -0.2) is 0 Å². The maximum Gasteiger partial charge on any atom is 0.0309 e. The third-order valence-electron chi connectivity index (χ3n) is 5.38. The van der Waals surface area contributed by atoms with Crippen LogP contribution >= 0.6 is 0 Å². The molecule has 1 saturated carbocycles. The van der Waals surface area contributed by atoms with Crippen LogP contribution in [-0.4, -0.2) is 35.6 Å². The topological polar surface area (TPSA) is 15.3 Å². The van der Waals surface area contributed by atoms with Crippen LogP contribution in [0.1, 0.15) is 72.6 Å². The zero-order chi connectivity index (χ0) is 13.9. The van der Waals surface area contributed by atoms with Gasteiger partial charge in [-0.15, -0.1) is 0 Å². The summed E-state index contributed by atoms with van der Waals surface area (Å²) in [7, 11) is 0. The van der Waals surface area contributed by atoms with E-state index in [2.05, 4.69) is 37.9 Å². The zero-order valence-corrected chi connectivity index (χ0v) is 13.5. The lowest BCUT2D eigenvalue weighted by atomic mass is 9.88. The van der Waals surface area contributed by atoms with Crippen molar-refractivity contribution in [2.45, 2.75) is 90.3 Å². The summed E-state index contributed by atoms with van der Waals surface area (Å²) in [6.45, 7) is 12.0. The van der Waals surface area contributed by atoms with Gasteiger partial charge in [-0.2, -0.15) is 0 Å². The monoisotopic (exact) mass is 266 g/mol. The molecule has 1 heterocycles. The molecule has 0 aromatic heterocycles. The minimum Gasteiger partial charge on any atom is -0.308 e. The van der Waals surface area contributed by atoms with Crippen LogP contribution in [0.2, 0.25) is 0 Å². The summed E-state index contributed by atoms with van der Waals surface area (Å²) in [4.78, 5) is 2.88. The highest BCUT2D eigenvalue weighted by molar-refractivity contribution is 5.02. The predicted octanol–water partition coefficient (Wildman–Crippen LogP) is 3.81. The van der Waals surface area contributed by atoms with Gasteiger partial charge in [0.1, 0.15) is 0 Å². The Kier molecular flexibility index (Phi) is 5.30. The van der Waals surface area contributed by atoms with E-state index in [1.807, 2.05) is 0 Å². The zero-order valence-electron chi connectivity index (χ0n) is 13.5. The summed E-state index contributed by atoms with van der Waals surface area (Å²) < 4.78 is 0. The van der Waals surface area contributed by atoms with Gasteiger partial charge in [-0.05, 0) is 38.0 Å². The fourth-order valence-electron chi connectivity index (χ4n) is 4.32. The van der Waals surface area contributed by atoms with Crippen molar-refractivity contribution in [3.05, 3.63) is 0 Å². The van der Waals surface area contributed by atoms with Crippen LogP contribution in [0.4, 0.5) is 0 Å². The summed E-state index contributed by atoms with van der Waals surface area (Å²) in [6.07, 6.45) is 9.62. The van der Waals surface area contributed by atoms with E-state index in [4.69, 9.17) is 0 Å². The molecular weight excluding hydrogens is 232 g/mol. The van der Waals surface area contributed by atoms with Crippen LogP contribution in [0.15, 0.2) is 0 Å². The Morgan fingerprint density at radius 1 is 1.16 bits per heavy atom. The number of piperazine rings is 1. The predicted molar refractivity (Wildman–Crippen MR) is 83.5 cm³/mol. The van der Waals surface area contributed by atoms with E-state index in [-0.39, 0.29) is 0 Å². The van der Waals surface area contributed by atoms with Gasteiger partial charge in [0.15, 0.2) is 0 Å². The fraction of sp³-hybridized carbons (Fsp3) is 1.00. The van der Waals surface area contributed by atoms with Gasteiger partial charge in [0, 0.05) is 30.7 Å². The normalized spacial score (nSPS) is 27.8. The van der Waals surface area contributed by atoms with E-state index in [0.29, 0.717) is 5.54 Å². The first-order valence-electron chi connectivity index (χ1n) is 8.61. The Morgan fingerprint density at radius 3 is 2.32 bits per heavy atom. The van der Waals surface area contributed by atoms with Gasteiger partial charge in [0.05, 0.1) is 0 Å². The average molecular weight is 266 g/mol. The lowest BCUT2D eigenvalue weighted by Crippen LogP contribution is -2.65. The van der Waals surface area contributed by atoms with Gasteiger partial charge < -0.3 is 5.32 Å². The summed E-state index contributed by atoms with van der Waals surface area (Å²) in [5, 5.41) is 3.94. The van der Waals surface area contributed by atoms with Gasteiger partial charge in [0.25, 0.3) is 0 Å². The molecule has 2 nitrogen and oxygen atoms in total. The molecule has 1 atom stereocenters. The minimum atomic E-state index is 0.468. The van der Waals surface area contributed by atoms with Gasteiger partial charge in [-0.1, -0.05) is 40.5 Å². The highest BCUT2D eigenvalue weighted by atomic mass is 15.3.